The molecular weight excluding hydrogens is 206 g/mol. The quantitative estimate of drug-likeness (QED) is 0.535. The van der Waals surface area contributed by atoms with E-state index in [1.807, 2.05) is 13.8 Å². The first-order chi connectivity index (χ1) is 7.56. The van der Waals surface area contributed by atoms with Gasteiger partial charge in [-0.1, -0.05) is 0 Å². The summed E-state index contributed by atoms with van der Waals surface area (Å²) in [7, 11) is 0. The van der Waals surface area contributed by atoms with Crippen molar-refractivity contribution in [1.82, 2.24) is 0 Å². The molecule has 1 aliphatic rings. The van der Waals surface area contributed by atoms with Gasteiger partial charge in [0.15, 0.2) is 0 Å². The van der Waals surface area contributed by atoms with Gasteiger partial charge in [0.05, 0.1) is 16.3 Å². The average molecular weight is 217 g/mol. The molecule has 2 rings (SSSR count). The van der Waals surface area contributed by atoms with Crippen LogP contribution < -0.4 is 0 Å². The molecule has 0 amide bonds. The van der Waals surface area contributed by atoms with Crippen molar-refractivity contribution < 1.29 is 4.92 Å². The summed E-state index contributed by atoms with van der Waals surface area (Å²) in [5.41, 5.74) is 3.20. The highest BCUT2D eigenvalue weighted by Gasteiger charge is 2.13. The van der Waals surface area contributed by atoms with Crippen molar-refractivity contribution in [2.75, 3.05) is 0 Å². The average Bonchev–Trinajstić information content (AvgIpc) is 2.32. The van der Waals surface area contributed by atoms with Crippen LogP contribution in [0.4, 0.5) is 17.1 Å². The lowest BCUT2D eigenvalue weighted by Gasteiger charge is -1.99. The Morgan fingerprint density at radius 1 is 1.19 bits per heavy atom. The maximum Gasteiger partial charge on any atom is 0.271 e. The van der Waals surface area contributed by atoms with Crippen molar-refractivity contribution in [2.24, 2.45) is 9.98 Å². The monoisotopic (exact) mass is 217 g/mol. The molecule has 0 atom stereocenters. The van der Waals surface area contributed by atoms with Crippen LogP contribution in [0.1, 0.15) is 20.3 Å². The molecule has 1 aromatic rings. The van der Waals surface area contributed by atoms with E-state index in [-0.39, 0.29) is 5.69 Å². The van der Waals surface area contributed by atoms with Gasteiger partial charge in [0.25, 0.3) is 5.69 Å². The Labute approximate surface area is 92.7 Å². The molecule has 16 heavy (non-hydrogen) atoms. The van der Waals surface area contributed by atoms with Gasteiger partial charge in [0, 0.05) is 30.0 Å². The van der Waals surface area contributed by atoms with E-state index in [9.17, 15) is 10.1 Å². The second-order valence-electron chi connectivity index (χ2n) is 3.80. The van der Waals surface area contributed by atoms with Gasteiger partial charge in [-0.2, -0.15) is 0 Å². The molecule has 0 radical (unpaired) electrons. The first-order valence-corrected chi connectivity index (χ1v) is 4.93. The highest BCUT2D eigenvalue weighted by molar-refractivity contribution is 6.06. The first-order valence-electron chi connectivity index (χ1n) is 4.93. The summed E-state index contributed by atoms with van der Waals surface area (Å²) in [5.74, 6) is 0. The first kappa shape index (κ1) is 10.5. The Hall–Kier alpha value is -2.04. The third-order valence-corrected chi connectivity index (χ3v) is 2.30. The van der Waals surface area contributed by atoms with E-state index in [2.05, 4.69) is 9.98 Å². The van der Waals surface area contributed by atoms with Gasteiger partial charge in [0.1, 0.15) is 0 Å². The minimum Gasteiger partial charge on any atom is -0.258 e. The van der Waals surface area contributed by atoms with Crippen molar-refractivity contribution in [2.45, 2.75) is 20.3 Å². The molecule has 0 unspecified atom stereocenters. The third kappa shape index (κ3) is 1.98. The molecule has 0 bridgehead atoms. The number of nitrogens with zero attached hydrogens (tertiary/aromatic N) is 3. The van der Waals surface area contributed by atoms with Crippen LogP contribution in [0.5, 0.6) is 0 Å². The van der Waals surface area contributed by atoms with Gasteiger partial charge in [-0.25, -0.2) is 0 Å². The van der Waals surface area contributed by atoms with Gasteiger partial charge >= 0.3 is 0 Å². The van der Waals surface area contributed by atoms with Crippen LogP contribution in [-0.4, -0.2) is 16.3 Å². The zero-order valence-electron chi connectivity index (χ0n) is 9.10. The highest BCUT2D eigenvalue weighted by Crippen LogP contribution is 2.34. The predicted octanol–water partition coefficient (Wildman–Crippen LogP) is 3.18. The van der Waals surface area contributed by atoms with E-state index in [0.29, 0.717) is 17.8 Å². The molecule has 0 fully saturated rings. The second kappa shape index (κ2) is 3.84. The van der Waals surface area contributed by atoms with Crippen LogP contribution in [0.15, 0.2) is 28.2 Å². The Bertz CT molecular complexity index is 518. The fourth-order valence-corrected chi connectivity index (χ4v) is 1.67. The lowest BCUT2D eigenvalue weighted by molar-refractivity contribution is -0.384. The van der Waals surface area contributed by atoms with Crippen molar-refractivity contribution >= 4 is 28.5 Å². The fourth-order valence-electron chi connectivity index (χ4n) is 1.67. The molecule has 5 heteroatoms. The topological polar surface area (TPSA) is 67.9 Å². The Kier molecular flexibility index (Phi) is 2.52. The number of rotatable bonds is 1. The number of aliphatic imine (C=N–C) groups is 2. The van der Waals surface area contributed by atoms with Gasteiger partial charge in [0.2, 0.25) is 0 Å². The molecule has 1 aromatic carbocycles. The maximum absolute atomic E-state index is 10.6. The van der Waals surface area contributed by atoms with E-state index in [4.69, 9.17) is 0 Å². The van der Waals surface area contributed by atoms with Crippen molar-refractivity contribution in [3.05, 3.63) is 28.3 Å². The number of benzene rings is 1. The van der Waals surface area contributed by atoms with E-state index in [0.717, 1.165) is 11.4 Å². The highest BCUT2D eigenvalue weighted by atomic mass is 16.6. The molecule has 82 valence electrons. The van der Waals surface area contributed by atoms with E-state index < -0.39 is 4.92 Å². The smallest absolute Gasteiger partial charge is 0.258 e. The standard InChI is InChI=1S/C11H11N3O2/c1-7-5-8(2)13-11-6-9(14(15)16)3-4-10(11)12-7/h3-4,6H,5H2,1-2H3. The van der Waals surface area contributed by atoms with Crippen molar-refractivity contribution in [3.63, 3.8) is 0 Å². The van der Waals surface area contributed by atoms with Gasteiger partial charge in [-0.3, -0.25) is 20.1 Å². The molecule has 1 heterocycles. The number of hydrogen-bond donors (Lipinski definition) is 0. The van der Waals surface area contributed by atoms with Crippen molar-refractivity contribution in [3.8, 4) is 0 Å². The van der Waals surface area contributed by atoms with Crippen molar-refractivity contribution in [1.29, 1.82) is 0 Å². The number of non-ortho nitro benzene ring substituents is 1. The number of hydrogen-bond acceptors (Lipinski definition) is 4. The summed E-state index contributed by atoms with van der Waals surface area (Å²) in [6, 6.07) is 4.55. The third-order valence-electron chi connectivity index (χ3n) is 2.30. The van der Waals surface area contributed by atoms with Crippen LogP contribution in [0.3, 0.4) is 0 Å². The maximum atomic E-state index is 10.6. The van der Waals surface area contributed by atoms with Crippen LogP contribution in [0.2, 0.25) is 0 Å². The summed E-state index contributed by atoms with van der Waals surface area (Å²) in [5, 5.41) is 10.6. The van der Waals surface area contributed by atoms with Gasteiger partial charge in [-0.05, 0) is 19.9 Å². The molecule has 0 N–H and O–H groups in total. The van der Waals surface area contributed by atoms with Crippen LogP contribution >= 0.6 is 0 Å². The lowest BCUT2D eigenvalue weighted by Crippen LogP contribution is -1.97. The Balaban J connectivity index is 2.59. The van der Waals surface area contributed by atoms with E-state index >= 15 is 0 Å². The minimum absolute atomic E-state index is 0.0463. The van der Waals surface area contributed by atoms with Crippen LogP contribution in [-0.2, 0) is 0 Å². The summed E-state index contributed by atoms with van der Waals surface area (Å²) in [4.78, 5) is 18.9. The zero-order chi connectivity index (χ0) is 11.7. The minimum atomic E-state index is -0.424. The van der Waals surface area contributed by atoms with Gasteiger partial charge in [-0.15, -0.1) is 0 Å². The number of nitro groups is 1. The molecular formula is C11H11N3O2. The summed E-state index contributed by atoms with van der Waals surface area (Å²) >= 11 is 0. The number of nitro benzene ring substituents is 1. The molecule has 0 saturated carbocycles. The molecule has 5 nitrogen and oxygen atoms in total. The van der Waals surface area contributed by atoms with E-state index in [1.54, 1.807) is 6.07 Å². The molecule has 0 saturated heterocycles. The summed E-state index contributed by atoms with van der Waals surface area (Å²) < 4.78 is 0. The SMILES string of the molecule is CC1=Nc2ccc([N+](=O)[O-])cc2N=C(C)C1. The Morgan fingerprint density at radius 3 is 2.44 bits per heavy atom. The number of fused-ring (bicyclic) bond motifs is 1. The second-order valence-corrected chi connectivity index (χ2v) is 3.80. The Morgan fingerprint density at radius 2 is 1.81 bits per heavy atom. The van der Waals surface area contributed by atoms with Gasteiger partial charge < -0.3 is 0 Å². The molecule has 0 spiro atoms. The fraction of sp³-hybridized carbons (Fsp3) is 0.273. The largest absolute Gasteiger partial charge is 0.271 e. The lowest BCUT2D eigenvalue weighted by atomic mass is 10.2. The van der Waals surface area contributed by atoms with Crippen LogP contribution in [0.25, 0.3) is 0 Å². The van der Waals surface area contributed by atoms with E-state index in [1.165, 1.54) is 12.1 Å². The summed E-state index contributed by atoms with van der Waals surface area (Å²) in [6.07, 6.45) is 0.711. The molecule has 1 aliphatic heterocycles. The summed E-state index contributed by atoms with van der Waals surface area (Å²) in [6.45, 7) is 3.82. The molecule has 0 aliphatic carbocycles. The molecule has 0 aromatic heterocycles. The normalized spacial score (nSPS) is 14.6. The zero-order valence-corrected chi connectivity index (χ0v) is 9.10. The van der Waals surface area contributed by atoms with Crippen LogP contribution in [0, 0.1) is 10.1 Å². The predicted molar refractivity (Wildman–Crippen MR) is 63.3 cm³/mol.